The fourth-order valence-electron chi connectivity index (χ4n) is 6.71. The fourth-order valence-corrected chi connectivity index (χ4v) is 7.41. The molecule has 2 aromatic rings. The van der Waals surface area contributed by atoms with Gasteiger partial charge in [0.15, 0.2) is 0 Å². The third-order valence-electron chi connectivity index (χ3n) is 8.63. The van der Waals surface area contributed by atoms with Gasteiger partial charge in [-0.2, -0.15) is 0 Å². The molecule has 200 valence electrons. The number of hydrogen-bond acceptors (Lipinski definition) is 5. The Hall–Kier alpha value is -2.97. The van der Waals surface area contributed by atoms with E-state index in [0.717, 1.165) is 30.6 Å². The second kappa shape index (κ2) is 9.97. The zero-order chi connectivity index (χ0) is 26.4. The summed E-state index contributed by atoms with van der Waals surface area (Å²) >= 11 is 1.55. The quantitative estimate of drug-likeness (QED) is 0.509. The number of rotatable bonds is 7. The third kappa shape index (κ3) is 4.28. The molecule has 38 heavy (non-hydrogen) atoms. The van der Waals surface area contributed by atoms with Crippen LogP contribution in [-0.2, 0) is 25.7 Å². The number of fused-ring (bicyclic) bond motifs is 1. The van der Waals surface area contributed by atoms with Crippen molar-refractivity contribution in [3.8, 4) is 0 Å². The van der Waals surface area contributed by atoms with Gasteiger partial charge in [-0.3, -0.25) is 14.4 Å². The lowest BCUT2D eigenvalue weighted by molar-refractivity contribution is -0.142. The molecule has 0 radical (unpaired) electrons. The summed E-state index contributed by atoms with van der Waals surface area (Å²) in [4.78, 5) is 44.2. The number of nitrogens with zero attached hydrogens (tertiary/aromatic N) is 1. The Labute approximate surface area is 227 Å². The van der Waals surface area contributed by atoms with Crippen molar-refractivity contribution in [2.75, 3.05) is 5.32 Å². The van der Waals surface area contributed by atoms with Crippen molar-refractivity contribution in [3.05, 3.63) is 64.4 Å². The largest absolute Gasteiger partial charge is 0.359 e. The maximum atomic E-state index is 14.0. The second-order valence-corrected chi connectivity index (χ2v) is 12.4. The summed E-state index contributed by atoms with van der Waals surface area (Å²) in [6.45, 7) is 4.57. The molecule has 2 saturated heterocycles. The summed E-state index contributed by atoms with van der Waals surface area (Å²) < 4.78 is 6.46. The number of benzene rings is 1. The summed E-state index contributed by atoms with van der Waals surface area (Å²) in [6.07, 6.45) is 8.50. The van der Waals surface area contributed by atoms with Crippen LogP contribution in [0.4, 0.5) is 5.69 Å². The second-order valence-electron chi connectivity index (χ2n) is 11.4. The number of thiophene rings is 1. The maximum Gasteiger partial charge on any atom is 0.246 e. The molecule has 1 spiro atoms. The standard InChI is InChI=1S/C30H35N3O4S/c1-18(2)19-10-12-21(13-11-19)31-27(34)24-23-14-15-30(37-23)25(24)29(36)33(17-22-9-6-16-38-22)26(30)28(35)32-20-7-4-3-5-8-20/h6,9-16,18,20,23-26H,3-5,7-8,17H2,1-2H3,(H,31,34)(H,32,35)/t23-,24+,25-,26-,30-/m1/s1. The molecule has 7 nitrogen and oxygen atoms in total. The van der Waals surface area contributed by atoms with Gasteiger partial charge in [-0.15, -0.1) is 11.3 Å². The van der Waals surface area contributed by atoms with E-state index in [0.29, 0.717) is 18.2 Å². The minimum absolute atomic E-state index is 0.112. The molecular formula is C30H35N3O4S. The van der Waals surface area contributed by atoms with Gasteiger partial charge < -0.3 is 20.3 Å². The first-order chi connectivity index (χ1) is 18.4. The van der Waals surface area contributed by atoms with Crippen LogP contribution >= 0.6 is 11.3 Å². The van der Waals surface area contributed by atoms with Gasteiger partial charge in [-0.1, -0.05) is 63.5 Å². The van der Waals surface area contributed by atoms with Gasteiger partial charge in [-0.25, -0.2) is 0 Å². The predicted molar refractivity (Wildman–Crippen MR) is 147 cm³/mol. The van der Waals surface area contributed by atoms with Gasteiger partial charge >= 0.3 is 0 Å². The molecule has 3 fully saturated rings. The molecule has 6 rings (SSSR count). The molecule has 3 amide bonds. The van der Waals surface area contributed by atoms with Crippen molar-refractivity contribution in [2.24, 2.45) is 11.8 Å². The fraction of sp³-hybridized carbons (Fsp3) is 0.500. The van der Waals surface area contributed by atoms with Crippen LogP contribution in [0.25, 0.3) is 0 Å². The molecule has 1 saturated carbocycles. The van der Waals surface area contributed by atoms with Crippen LogP contribution in [0.3, 0.4) is 0 Å². The molecular weight excluding hydrogens is 498 g/mol. The number of carbonyl (C=O) groups is 3. The van der Waals surface area contributed by atoms with Crippen LogP contribution < -0.4 is 10.6 Å². The van der Waals surface area contributed by atoms with Gasteiger partial charge in [0.05, 0.1) is 24.5 Å². The van der Waals surface area contributed by atoms with E-state index in [-0.39, 0.29) is 23.8 Å². The first-order valence-electron chi connectivity index (χ1n) is 13.8. The summed E-state index contributed by atoms with van der Waals surface area (Å²) in [6, 6.07) is 11.0. The van der Waals surface area contributed by atoms with Crippen molar-refractivity contribution in [1.29, 1.82) is 0 Å². The van der Waals surface area contributed by atoms with E-state index in [2.05, 4.69) is 24.5 Å². The van der Waals surface area contributed by atoms with E-state index in [1.54, 1.807) is 16.2 Å². The topological polar surface area (TPSA) is 87.7 Å². The number of anilines is 1. The van der Waals surface area contributed by atoms with Crippen molar-refractivity contribution in [3.63, 3.8) is 0 Å². The highest BCUT2D eigenvalue weighted by Gasteiger charge is 2.72. The van der Waals surface area contributed by atoms with Gasteiger partial charge in [0.1, 0.15) is 11.6 Å². The Balaban J connectivity index is 1.28. The highest BCUT2D eigenvalue weighted by atomic mass is 32.1. The zero-order valence-electron chi connectivity index (χ0n) is 21.9. The lowest BCUT2D eigenvalue weighted by atomic mass is 9.74. The zero-order valence-corrected chi connectivity index (χ0v) is 22.7. The summed E-state index contributed by atoms with van der Waals surface area (Å²) in [5.41, 5.74) is 0.740. The average Bonchev–Trinajstić information content (AvgIpc) is 3.68. The van der Waals surface area contributed by atoms with E-state index in [9.17, 15) is 14.4 Å². The Kier molecular flexibility index (Phi) is 6.64. The number of ether oxygens (including phenoxy) is 1. The molecule has 5 atom stereocenters. The van der Waals surface area contributed by atoms with Crippen molar-refractivity contribution >= 4 is 34.7 Å². The lowest BCUT2D eigenvalue weighted by Crippen LogP contribution is -2.56. The Morgan fingerprint density at radius 3 is 2.55 bits per heavy atom. The SMILES string of the molecule is CC(C)c1ccc(NC(=O)[C@H]2[C@H]3C=C[C@@]4(O3)[C@H]2C(=O)N(Cc2cccs2)[C@@H]4C(=O)NC2CCCCC2)cc1. The van der Waals surface area contributed by atoms with Crippen molar-refractivity contribution in [1.82, 2.24) is 10.2 Å². The molecule has 0 unspecified atom stereocenters. The number of likely N-dealkylation sites (tertiary alicyclic amines) is 1. The lowest BCUT2D eigenvalue weighted by Gasteiger charge is -2.34. The van der Waals surface area contributed by atoms with E-state index >= 15 is 0 Å². The molecule has 1 aliphatic carbocycles. The molecule has 3 aliphatic heterocycles. The number of amides is 3. The molecule has 4 heterocycles. The van der Waals surface area contributed by atoms with Crippen LogP contribution in [0, 0.1) is 11.8 Å². The highest BCUT2D eigenvalue weighted by Crippen LogP contribution is 2.55. The first kappa shape index (κ1) is 25.3. The molecule has 4 aliphatic rings. The molecule has 2 N–H and O–H groups in total. The Bertz CT molecular complexity index is 1230. The highest BCUT2D eigenvalue weighted by molar-refractivity contribution is 7.09. The average molecular weight is 534 g/mol. The number of hydrogen-bond donors (Lipinski definition) is 2. The van der Waals surface area contributed by atoms with Gasteiger partial charge in [-0.05, 0) is 47.9 Å². The summed E-state index contributed by atoms with van der Waals surface area (Å²) in [5, 5.41) is 8.22. The van der Waals surface area contributed by atoms with Crippen LogP contribution in [0.2, 0.25) is 0 Å². The molecule has 8 heteroatoms. The van der Waals surface area contributed by atoms with Gasteiger partial charge in [0.2, 0.25) is 17.7 Å². The minimum atomic E-state index is -1.14. The van der Waals surface area contributed by atoms with Crippen LogP contribution in [0.5, 0.6) is 0 Å². The van der Waals surface area contributed by atoms with E-state index < -0.39 is 29.6 Å². The predicted octanol–water partition coefficient (Wildman–Crippen LogP) is 4.61. The molecule has 1 aromatic carbocycles. The van der Waals surface area contributed by atoms with Crippen LogP contribution in [-0.4, -0.2) is 46.4 Å². The first-order valence-corrected chi connectivity index (χ1v) is 14.7. The third-order valence-corrected chi connectivity index (χ3v) is 9.49. The maximum absolute atomic E-state index is 14.0. The van der Waals surface area contributed by atoms with Gasteiger partial charge in [0, 0.05) is 16.6 Å². The van der Waals surface area contributed by atoms with E-state index in [1.807, 2.05) is 53.9 Å². The normalized spacial score (nSPS) is 30.2. The van der Waals surface area contributed by atoms with Crippen molar-refractivity contribution in [2.45, 2.75) is 82.2 Å². The summed E-state index contributed by atoms with van der Waals surface area (Å²) in [7, 11) is 0. The van der Waals surface area contributed by atoms with E-state index in [1.165, 1.54) is 12.0 Å². The Morgan fingerprint density at radius 2 is 1.87 bits per heavy atom. The smallest absolute Gasteiger partial charge is 0.246 e. The van der Waals surface area contributed by atoms with Crippen LogP contribution in [0.15, 0.2) is 53.9 Å². The number of carbonyl (C=O) groups excluding carboxylic acids is 3. The monoisotopic (exact) mass is 533 g/mol. The van der Waals surface area contributed by atoms with E-state index in [4.69, 9.17) is 4.74 Å². The summed E-state index contributed by atoms with van der Waals surface area (Å²) in [5.74, 6) is -1.67. The minimum Gasteiger partial charge on any atom is -0.359 e. The van der Waals surface area contributed by atoms with Gasteiger partial charge in [0.25, 0.3) is 0 Å². The van der Waals surface area contributed by atoms with Crippen LogP contribution in [0.1, 0.15) is 62.3 Å². The Morgan fingerprint density at radius 1 is 1.11 bits per heavy atom. The van der Waals surface area contributed by atoms with Crippen molar-refractivity contribution < 1.29 is 19.1 Å². The molecule has 1 aromatic heterocycles. The molecule has 2 bridgehead atoms. The number of nitrogens with one attached hydrogen (secondary N) is 2.